The quantitative estimate of drug-likeness (QED) is 0.600. The van der Waals surface area contributed by atoms with E-state index in [1.807, 2.05) is 22.8 Å². The number of rotatable bonds is 6. The molecular weight excluding hydrogens is 324 g/mol. The van der Waals surface area contributed by atoms with Crippen LogP contribution in [0.15, 0.2) is 41.5 Å². The molecule has 0 fully saturated rings. The van der Waals surface area contributed by atoms with Crippen molar-refractivity contribution in [3.8, 4) is 0 Å². The monoisotopic (exact) mass is 344 g/mol. The Morgan fingerprint density at radius 1 is 1.29 bits per heavy atom. The molecule has 1 aromatic carbocycles. The highest BCUT2D eigenvalue weighted by Crippen LogP contribution is 2.23. The van der Waals surface area contributed by atoms with Crippen molar-refractivity contribution in [2.24, 2.45) is 0 Å². The number of nitrogens with one attached hydrogen (secondary N) is 2. The summed E-state index contributed by atoms with van der Waals surface area (Å²) in [5.74, 6) is 0. The molecule has 0 aliphatic rings. The molecule has 2 aromatic heterocycles. The molecule has 126 valence electrons. The SMILES string of the molecule is CC(O)C(CCCc1ccccc1)n1cnc2c(=O)[nH]c(=S)[nH]c21. The fourth-order valence-electron chi connectivity index (χ4n) is 2.98. The third kappa shape index (κ3) is 3.47. The molecule has 0 aliphatic heterocycles. The minimum absolute atomic E-state index is 0.175. The Labute approximate surface area is 144 Å². The second-order valence-electron chi connectivity index (χ2n) is 5.94. The van der Waals surface area contributed by atoms with Gasteiger partial charge in [-0.25, -0.2) is 4.98 Å². The fraction of sp³-hybridized carbons (Fsp3) is 0.353. The number of hydrogen-bond acceptors (Lipinski definition) is 4. The molecule has 6 nitrogen and oxygen atoms in total. The van der Waals surface area contributed by atoms with Gasteiger partial charge in [-0.05, 0) is 44.0 Å². The molecule has 0 radical (unpaired) electrons. The number of fused-ring (bicyclic) bond motifs is 1. The zero-order valence-electron chi connectivity index (χ0n) is 13.4. The minimum Gasteiger partial charge on any atom is -0.391 e. The predicted molar refractivity (Wildman–Crippen MR) is 95.6 cm³/mol. The summed E-state index contributed by atoms with van der Waals surface area (Å²) in [6.07, 6.45) is 3.65. The maximum atomic E-state index is 11.9. The van der Waals surface area contributed by atoms with Gasteiger partial charge in [0, 0.05) is 0 Å². The van der Waals surface area contributed by atoms with Gasteiger partial charge >= 0.3 is 0 Å². The van der Waals surface area contributed by atoms with E-state index in [4.69, 9.17) is 12.2 Å². The number of aliphatic hydroxyl groups is 1. The summed E-state index contributed by atoms with van der Waals surface area (Å²) in [7, 11) is 0. The van der Waals surface area contributed by atoms with Crippen molar-refractivity contribution in [1.82, 2.24) is 19.5 Å². The van der Waals surface area contributed by atoms with Gasteiger partial charge in [-0.15, -0.1) is 0 Å². The van der Waals surface area contributed by atoms with Crippen LogP contribution < -0.4 is 5.56 Å². The van der Waals surface area contributed by atoms with Crippen LogP contribution in [0.3, 0.4) is 0 Å². The standard InChI is InChI=1S/C17H20N4O2S/c1-11(22)13(9-5-8-12-6-3-2-4-7-12)21-10-18-14-15(21)19-17(24)20-16(14)23/h2-4,6-7,10-11,13,22H,5,8-9H2,1H3,(H2,19,20,23,24). The zero-order chi connectivity index (χ0) is 17.1. The van der Waals surface area contributed by atoms with Crippen LogP contribution in [-0.2, 0) is 6.42 Å². The van der Waals surface area contributed by atoms with Crippen LogP contribution in [0.4, 0.5) is 0 Å². The lowest BCUT2D eigenvalue weighted by Gasteiger charge is -2.22. The van der Waals surface area contributed by atoms with Gasteiger partial charge in [-0.1, -0.05) is 30.3 Å². The molecule has 0 saturated heterocycles. The van der Waals surface area contributed by atoms with Gasteiger partial charge in [0.05, 0.1) is 18.5 Å². The van der Waals surface area contributed by atoms with Gasteiger partial charge in [-0.3, -0.25) is 9.78 Å². The molecule has 3 aromatic rings. The summed E-state index contributed by atoms with van der Waals surface area (Å²) in [4.78, 5) is 21.6. The molecule has 0 bridgehead atoms. The number of aryl methyl sites for hydroxylation is 1. The highest BCUT2D eigenvalue weighted by molar-refractivity contribution is 7.71. The average molecular weight is 344 g/mol. The van der Waals surface area contributed by atoms with Crippen LogP contribution in [0.2, 0.25) is 0 Å². The molecule has 0 amide bonds. The normalized spacial score (nSPS) is 13.9. The topological polar surface area (TPSA) is 86.7 Å². The molecule has 0 aliphatic carbocycles. The molecule has 0 saturated carbocycles. The molecule has 2 unspecified atom stereocenters. The maximum Gasteiger partial charge on any atom is 0.279 e. The first-order valence-electron chi connectivity index (χ1n) is 7.97. The largest absolute Gasteiger partial charge is 0.391 e. The molecule has 3 N–H and O–H groups in total. The number of imidazole rings is 1. The van der Waals surface area contributed by atoms with Crippen molar-refractivity contribution in [1.29, 1.82) is 0 Å². The van der Waals surface area contributed by atoms with E-state index in [9.17, 15) is 9.90 Å². The van der Waals surface area contributed by atoms with Crippen molar-refractivity contribution in [2.75, 3.05) is 0 Å². The van der Waals surface area contributed by atoms with Crippen molar-refractivity contribution in [3.63, 3.8) is 0 Å². The van der Waals surface area contributed by atoms with Gasteiger partial charge in [0.2, 0.25) is 0 Å². The fourth-order valence-corrected chi connectivity index (χ4v) is 3.17. The number of H-pyrrole nitrogens is 2. The first-order chi connectivity index (χ1) is 11.6. The number of aliphatic hydroxyl groups excluding tert-OH is 1. The lowest BCUT2D eigenvalue weighted by Crippen LogP contribution is -2.22. The lowest BCUT2D eigenvalue weighted by atomic mass is 10.0. The third-order valence-electron chi connectivity index (χ3n) is 4.19. The zero-order valence-corrected chi connectivity index (χ0v) is 14.2. The Morgan fingerprint density at radius 2 is 2.04 bits per heavy atom. The van der Waals surface area contributed by atoms with E-state index in [2.05, 4.69) is 27.1 Å². The lowest BCUT2D eigenvalue weighted by molar-refractivity contribution is 0.125. The summed E-state index contributed by atoms with van der Waals surface area (Å²) in [5.41, 5.74) is 1.81. The average Bonchev–Trinajstić information content (AvgIpc) is 2.96. The van der Waals surface area contributed by atoms with Crippen LogP contribution in [0.5, 0.6) is 0 Å². The molecule has 2 heterocycles. The highest BCUT2D eigenvalue weighted by atomic mass is 32.1. The molecular formula is C17H20N4O2S. The number of benzene rings is 1. The second kappa shape index (κ2) is 7.11. The van der Waals surface area contributed by atoms with E-state index >= 15 is 0 Å². The van der Waals surface area contributed by atoms with Crippen molar-refractivity contribution in [3.05, 3.63) is 57.3 Å². The van der Waals surface area contributed by atoms with E-state index in [1.165, 1.54) is 5.56 Å². The van der Waals surface area contributed by atoms with Crippen LogP contribution in [0.1, 0.15) is 31.4 Å². The van der Waals surface area contributed by atoms with E-state index in [-0.39, 0.29) is 16.4 Å². The van der Waals surface area contributed by atoms with Gasteiger partial charge in [-0.2, -0.15) is 0 Å². The molecule has 7 heteroatoms. The highest BCUT2D eigenvalue weighted by Gasteiger charge is 2.20. The number of hydrogen-bond donors (Lipinski definition) is 3. The van der Waals surface area contributed by atoms with Crippen LogP contribution in [0, 0.1) is 4.77 Å². The van der Waals surface area contributed by atoms with E-state index < -0.39 is 6.10 Å². The summed E-state index contributed by atoms with van der Waals surface area (Å²) in [5, 5.41) is 10.2. The van der Waals surface area contributed by atoms with Gasteiger partial charge < -0.3 is 14.7 Å². The van der Waals surface area contributed by atoms with Crippen molar-refractivity contribution in [2.45, 2.75) is 38.3 Å². The molecule has 3 rings (SSSR count). The maximum absolute atomic E-state index is 11.9. The van der Waals surface area contributed by atoms with Crippen LogP contribution >= 0.6 is 12.2 Å². The number of aromatic amines is 2. The van der Waals surface area contributed by atoms with E-state index in [0.29, 0.717) is 11.2 Å². The van der Waals surface area contributed by atoms with Gasteiger partial charge in [0.15, 0.2) is 10.3 Å². The predicted octanol–water partition coefficient (Wildman–Crippen LogP) is 2.73. The second-order valence-corrected chi connectivity index (χ2v) is 6.35. The van der Waals surface area contributed by atoms with Crippen LogP contribution in [0.25, 0.3) is 11.2 Å². The molecule has 2 atom stereocenters. The van der Waals surface area contributed by atoms with Gasteiger partial charge in [0.25, 0.3) is 5.56 Å². The van der Waals surface area contributed by atoms with E-state index in [0.717, 1.165) is 19.3 Å². The minimum atomic E-state index is -0.570. The number of aromatic nitrogens is 4. The Morgan fingerprint density at radius 3 is 2.75 bits per heavy atom. The summed E-state index contributed by atoms with van der Waals surface area (Å²) < 4.78 is 2.07. The third-order valence-corrected chi connectivity index (χ3v) is 4.39. The Hall–Kier alpha value is -2.25. The van der Waals surface area contributed by atoms with Crippen molar-refractivity contribution < 1.29 is 5.11 Å². The summed E-state index contributed by atoms with van der Waals surface area (Å²) in [6.45, 7) is 1.75. The summed E-state index contributed by atoms with van der Waals surface area (Å²) in [6, 6.07) is 10.1. The Kier molecular flexibility index (Phi) is 4.92. The molecule has 0 spiro atoms. The Bertz CT molecular complexity index is 927. The molecule has 24 heavy (non-hydrogen) atoms. The van der Waals surface area contributed by atoms with Gasteiger partial charge in [0.1, 0.15) is 5.65 Å². The summed E-state index contributed by atoms with van der Waals surface area (Å²) >= 11 is 5.04. The smallest absolute Gasteiger partial charge is 0.279 e. The van der Waals surface area contributed by atoms with Crippen molar-refractivity contribution >= 4 is 23.4 Å². The Balaban J connectivity index is 1.84. The first-order valence-corrected chi connectivity index (χ1v) is 8.38. The van der Waals surface area contributed by atoms with E-state index in [1.54, 1.807) is 13.3 Å². The first kappa shape index (κ1) is 16.6. The van der Waals surface area contributed by atoms with Crippen LogP contribution in [-0.4, -0.2) is 30.7 Å². The number of nitrogens with zero attached hydrogens (tertiary/aromatic N) is 2.